The second-order valence-electron chi connectivity index (χ2n) is 4.39. The van der Waals surface area contributed by atoms with Crippen molar-refractivity contribution in [3.63, 3.8) is 0 Å². The Hall–Kier alpha value is -1.82. The van der Waals surface area contributed by atoms with E-state index in [1.807, 2.05) is 0 Å². The number of benzene rings is 1. The van der Waals surface area contributed by atoms with Gasteiger partial charge in [-0.25, -0.2) is 13.8 Å². The van der Waals surface area contributed by atoms with Crippen LogP contribution in [-0.4, -0.2) is 27.9 Å². The number of halogens is 2. The quantitative estimate of drug-likeness (QED) is 0.891. The molecule has 0 aliphatic rings. The van der Waals surface area contributed by atoms with Crippen molar-refractivity contribution in [2.75, 3.05) is 7.05 Å². The molecule has 1 N–H and O–H groups in total. The predicted octanol–water partition coefficient (Wildman–Crippen LogP) is 1.47. The molecule has 6 heteroatoms. The van der Waals surface area contributed by atoms with Crippen molar-refractivity contribution < 1.29 is 8.78 Å². The van der Waals surface area contributed by atoms with Crippen LogP contribution in [0.2, 0.25) is 0 Å². The first kappa shape index (κ1) is 13.6. The van der Waals surface area contributed by atoms with Crippen LogP contribution in [0.4, 0.5) is 8.78 Å². The molecule has 102 valence electrons. The number of hydrogen-bond donors (Lipinski definition) is 1. The van der Waals surface area contributed by atoms with E-state index in [4.69, 9.17) is 0 Å². The third-order valence-corrected chi connectivity index (χ3v) is 3.15. The fourth-order valence-electron chi connectivity index (χ4n) is 1.98. The molecular formula is C13H16F2N4. The van der Waals surface area contributed by atoms with E-state index in [1.165, 1.54) is 24.5 Å². The van der Waals surface area contributed by atoms with Crippen LogP contribution in [0.25, 0.3) is 0 Å². The van der Waals surface area contributed by atoms with Gasteiger partial charge in [-0.05, 0) is 25.6 Å². The Kier molecular flexibility index (Phi) is 4.21. The molecule has 0 bridgehead atoms. The molecule has 0 radical (unpaired) electrons. The Bertz CT molecular complexity index is 533. The van der Waals surface area contributed by atoms with Crippen molar-refractivity contribution in [1.29, 1.82) is 0 Å². The average Bonchev–Trinajstić information content (AvgIpc) is 2.78. The van der Waals surface area contributed by atoms with Gasteiger partial charge in [0.25, 0.3) is 0 Å². The summed E-state index contributed by atoms with van der Waals surface area (Å²) in [6, 6.07) is 3.81. The van der Waals surface area contributed by atoms with Gasteiger partial charge in [0.15, 0.2) is 0 Å². The molecule has 1 unspecified atom stereocenters. The van der Waals surface area contributed by atoms with Crippen LogP contribution in [0.3, 0.4) is 0 Å². The van der Waals surface area contributed by atoms with Crippen molar-refractivity contribution in [2.45, 2.75) is 18.9 Å². The summed E-state index contributed by atoms with van der Waals surface area (Å²) in [7, 11) is 3.55. The molecule has 1 aromatic heterocycles. The van der Waals surface area contributed by atoms with Crippen LogP contribution in [0.5, 0.6) is 0 Å². The Morgan fingerprint density at radius 3 is 2.47 bits per heavy atom. The van der Waals surface area contributed by atoms with Crippen molar-refractivity contribution in [2.24, 2.45) is 7.05 Å². The van der Waals surface area contributed by atoms with Gasteiger partial charge < -0.3 is 5.32 Å². The maximum atomic E-state index is 13.6. The number of aryl methyl sites for hydroxylation is 1. The molecular weight excluding hydrogens is 250 g/mol. The van der Waals surface area contributed by atoms with E-state index >= 15 is 0 Å². The van der Waals surface area contributed by atoms with E-state index in [2.05, 4.69) is 15.4 Å². The summed E-state index contributed by atoms with van der Waals surface area (Å²) >= 11 is 0. The van der Waals surface area contributed by atoms with Gasteiger partial charge in [-0.3, -0.25) is 4.68 Å². The molecule has 0 aliphatic carbocycles. The molecule has 0 saturated heterocycles. The first-order chi connectivity index (χ1) is 9.11. The molecule has 1 heterocycles. The zero-order valence-electron chi connectivity index (χ0n) is 10.9. The minimum atomic E-state index is -0.516. The van der Waals surface area contributed by atoms with Crippen molar-refractivity contribution in [3.05, 3.63) is 47.5 Å². The molecule has 0 aliphatic heterocycles. The van der Waals surface area contributed by atoms with Gasteiger partial charge in [-0.2, -0.15) is 5.10 Å². The molecule has 1 aromatic carbocycles. The van der Waals surface area contributed by atoms with Gasteiger partial charge in [-0.1, -0.05) is 6.07 Å². The Morgan fingerprint density at radius 1 is 1.26 bits per heavy atom. The normalized spacial score (nSPS) is 12.6. The standard InChI is InChI=1S/C13H16F2N4/c1-16-9(7-13-17-8-18-19(13)2)6-10-11(14)4-3-5-12(10)15/h3-5,8-9,16H,6-7H2,1-2H3. The van der Waals surface area contributed by atoms with E-state index in [0.29, 0.717) is 6.42 Å². The van der Waals surface area contributed by atoms with Gasteiger partial charge in [0.05, 0.1) is 0 Å². The van der Waals surface area contributed by atoms with Crippen LogP contribution in [0.1, 0.15) is 11.4 Å². The smallest absolute Gasteiger partial charge is 0.138 e. The lowest BCUT2D eigenvalue weighted by atomic mass is 10.0. The minimum Gasteiger partial charge on any atom is -0.316 e. The van der Waals surface area contributed by atoms with Crippen LogP contribution in [0.15, 0.2) is 24.5 Å². The van der Waals surface area contributed by atoms with E-state index < -0.39 is 11.6 Å². The SMILES string of the molecule is CNC(Cc1c(F)cccc1F)Cc1ncnn1C. The predicted molar refractivity (Wildman–Crippen MR) is 67.6 cm³/mol. The Balaban J connectivity index is 2.13. The number of aromatic nitrogens is 3. The molecule has 0 fully saturated rings. The fraction of sp³-hybridized carbons (Fsp3) is 0.385. The van der Waals surface area contributed by atoms with E-state index in [-0.39, 0.29) is 18.0 Å². The highest BCUT2D eigenvalue weighted by Crippen LogP contribution is 2.15. The molecule has 0 amide bonds. The average molecular weight is 266 g/mol. The Morgan fingerprint density at radius 2 is 1.95 bits per heavy atom. The summed E-state index contributed by atoms with van der Waals surface area (Å²) in [5, 5.41) is 7.03. The highest BCUT2D eigenvalue weighted by atomic mass is 19.1. The maximum Gasteiger partial charge on any atom is 0.138 e. The summed E-state index contributed by atoms with van der Waals surface area (Å²) in [6.45, 7) is 0. The first-order valence-corrected chi connectivity index (χ1v) is 6.05. The second-order valence-corrected chi connectivity index (χ2v) is 4.39. The summed E-state index contributed by atoms with van der Waals surface area (Å²) in [5.41, 5.74) is 0.101. The van der Waals surface area contributed by atoms with Gasteiger partial charge in [0.2, 0.25) is 0 Å². The fourth-order valence-corrected chi connectivity index (χ4v) is 1.98. The number of nitrogens with one attached hydrogen (secondary N) is 1. The number of rotatable bonds is 5. The number of hydrogen-bond acceptors (Lipinski definition) is 3. The van der Waals surface area contributed by atoms with E-state index in [1.54, 1.807) is 18.8 Å². The molecule has 0 spiro atoms. The maximum absolute atomic E-state index is 13.6. The van der Waals surface area contributed by atoms with Gasteiger partial charge >= 0.3 is 0 Å². The summed E-state index contributed by atoms with van der Waals surface area (Å²) in [5.74, 6) is -0.257. The topological polar surface area (TPSA) is 42.7 Å². The zero-order chi connectivity index (χ0) is 13.8. The number of nitrogens with zero attached hydrogens (tertiary/aromatic N) is 3. The highest BCUT2D eigenvalue weighted by Gasteiger charge is 2.16. The van der Waals surface area contributed by atoms with E-state index in [9.17, 15) is 8.78 Å². The molecule has 4 nitrogen and oxygen atoms in total. The summed E-state index contributed by atoms with van der Waals surface area (Å²) in [6.07, 6.45) is 2.29. The lowest BCUT2D eigenvalue weighted by molar-refractivity contribution is 0.489. The van der Waals surface area contributed by atoms with E-state index in [0.717, 1.165) is 5.82 Å². The van der Waals surface area contributed by atoms with Crippen molar-refractivity contribution in [3.8, 4) is 0 Å². The largest absolute Gasteiger partial charge is 0.316 e. The number of likely N-dealkylation sites (N-methyl/N-ethyl adjacent to an activating group) is 1. The van der Waals surface area contributed by atoms with Crippen LogP contribution in [-0.2, 0) is 19.9 Å². The third kappa shape index (κ3) is 3.14. The molecule has 2 rings (SSSR count). The third-order valence-electron chi connectivity index (χ3n) is 3.15. The van der Waals surface area contributed by atoms with Crippen molar-refractivity contribution in [1.82, 2.24) is 20.1 Å². The summed E-state index contributed by atoms with van der Waals surface area (Å²) in [4.78, 5) is 4.11. The van der Waals surface area contributed by atoms with Gasteiger partial charge in [0.1, 0.15) is 23.8 Å². The monoisotopic (exact) mass is 266 g/mol. The molecule has 2 aromatic rings. The van der Waals surface area contributed by atoms with Crippen LogP contribution in [0, 0.1) is 11.6 Å². The highest BCUT2D eigenvalue weighted by molar-refractivity contribution is 5.21. The molecule has 1 atom stereocenters. The van der Waals surface area contributed by atoms with Crippen LogP contribution < -0.4 is 5.32 Å². The van der Waals surface area contributed by atoms with Crippen LogP contribution >= 0.6 is 0 Å². The van der Waals surface area contributed by atoms with Crippen molar-refractivity contribution >= 4 is 0 Å². The second kappa shape index (κ2) is 5.88. The molecule has 19 heavy (non-hydrogen) atoms. The van der Waals surface area contributed by atoms with Gasteiger partial charge in [0, 0.05) is 25.1 Å². The first-order valence-electron chi connectivity index (χ1n) is 6.05. The van der Waals surface area contributed by atoms with Gasteiger partial charge in [-0.15, -0.1) is 0 Å². The summed E-state index contributed by atoms with van der Waals surface area (Å²) < 4.78 is 28.9. The lowest BCUT2D eigenvalue weighted by Crippen LogP contribution is -2.31. The Labute approximate surface area is 110 Å². The minimum absolute atomic E-state index is 0.101. The lowest BCUT2D eigenvalue weighted by Gasteiger charge is -2.16. The molecule has 0 saturated carbocycles. The zero-order valence-corrected chi connectivity index (χ0v) is 10.9.